The summed E-state index contributed by atoms with van der Waals surface area (Å²) in [6.07, 6.45) is 0. The molecule has 5 nitrogen and oxygen atoms in total. The molecule has 0 fully saturated rings. The minimum Gasteiger partial charge on any atom is -0.394 e. The second-order valence-electron chi connectivity index (χ2n) is 4.69. The van der Waals surface area contributed by atoms with Gasteiger partial charge in [-0.3, -0.25) is 9.48 Å². The fourth-order valence-corrected chi connectivity index (χ4v) is 1.65. The summed E-state index contributed by atoms with van der Waals surface area (Å²) in [5, 5.41) is 16.2. The average Bonchev–Trinajstić information content (AvgIpc) is 2.53. The van der Waals surface area contributed by atoms with Crippen LogP contribution in [0.5, 0.6) is 0 Å². The number of carbonyl (C=O) groups excluding carboxylic acids is 1. The Kier molecular flexibility index (Phi) is 4.69. The molecule has 0 aliphatic heterocycles. The second kappa shape index (κ2) is 5.82. The zero-order valence-corrected chi connectivity index (χ0v) is 10.9. The monoisotopic (exact) mass is 239 g/mol. The predicted molar refractivity (Wildman–Crippen MR) is 65.6 cm³/mol. The summed E-state index contributed by atoms with van der Waals surface area (Å²) in [5.74, 6) is 0.0911. The lowest BCUT2D eigenvalue weighted by atomic mass is 10.1. The first-order valence-electron chi connectivity index (χ1n) is 5.85. The van der Waals surface area contributed by atoms with Gasteiger partial charge in [0.25, 0.3) is 0 Å². The van der Waals surface area contributed by atoms with Crippen molar-refractivity contribution in [2.24, 2.45) is 5.92 Å². The molecule has 1 heterocycles. The molecule has 1 aromatic heterocycles. The molecule has 0 spiro atoms. The molecule has 0 saturated carbocycles. The van der Waals surface area contributed by atoms with Crippen LogP contribution in [0.4, 0.5) is 0 Å². The number of aromatic nitrogens is 2. The summed E-state index contributed by atoms with van der Waals surface area (Å²) >= 11 is 0. The molecule has 1 amide bonds. The van der Waals surface area contributed by atoms with E-state index in [4.69, 9.17) is 5.11 Å². The number of carbonyl (C=O) groups is 1. The molecule has 96 valence electrons. The van der Waals surface area contributed by atoms with E-state index in [1.807, 2.05) is 33.8 Å². The van der Waals surface area contributed by atoms with E-state index in [-0.39, 0.29) is 31.0 Å². The van der Waals surface area contributed by atoms with Crippen LogP contribution in [0.15, 0.2) is 6.07 Å². The lowest BCUT2D eigenvalue weighted by Crippen LogP contribution is -2.42. The van der Waals surface area contributed by atoms with E-state index in [1.54, 1.807) is 4.68 Å². The Bertz CT molecular complexity index is 385. The summed E-state index contributed by atoms with van der Waals surface area (Å²) in [4.78, 5) is 11.8. The Hall–Kier alpha value is -1.36. The number of nitrogens with zero attached hydrogens (tertiary/aromatic N) is 2. The van der Waals surface area contributed by atoms with Crippen LogP contribution in [0.3, 0.4) is 0 Å². The van der Waals surface area contributed by atoms with E-state index in [0.717, 1.165) is 11.4 Å². The molecule has 2 N–H and O–H groups in total. The van der Waals surface area contributed by atoms with Crippen molar-refractivity contribution in [2.75, 3.05) is 6.61 Å². The van der Waals surface area contributed by atoms with E-state index in [0.29, 0.717) is 0 Å². The van der Waals surface area contributed by atoms with Crippen LogP contribution in [-0.4, -0.2) is 33.4 Å². The first-order valence-corrected chi connectivity index (χ1v) is 5.85. The van der Waals surface area contributed by atoms with E-state index < -0.39 is 0 Å². The van der Waals surface area contributed by atoms with Gasteiger partial charge < -0.3 is 10.4 Å². The molecular formula is C12H21N3O2. The van der Waals surface area contributed by atoms with Gasteiger partial charge in [-0.25, -0.2) is 0 Å². The number of hydrogen-bond donors (Lipinski definition) is 2. The molecule has 1 rings (SSSR count). The zero-order valence-electron chi connectivity index (χ0n) is 10.9. The number of amides is 1. The maximum Gasteiger partial charge on any atom is 0.242 e. The Morgan fingerprint density at radius 3 is 2.59 bits per heavy atom. The highest BCUT2D eigenvalue weighted by Gasteiger charge is 2.15. The highest BCUT2D eigenvalue weighted by atomic mass is 16.3. The highest BCUT2D eigenvalue weighted by molar-refractivity contribution is 5.76. The van der Waals surface area contributed by atoms with Crippen molar-refractivity contribution in [3.05, 3.63) is 17.5 Å². The molecule has 17 heavy (non-hydrogen) atoms. The van der Waals surface area contributed by atoms with E-state index >= 15 is 0 Å². The summed E-state index contributed by atoms with van der Waals surface area (Å²) in [7, 11) is 0. The first kappa shape index (κ1) is 13.7. The number of aliphatic hydroxyl groups excluding tert-OH is 1. The van der Waals surface area contributed by atoms with Gasteiger partial charge in [0.05, 0.1) is 18.3 Å². The Morgan fingerprint density at radius 1 is 1.53 bits per heavy atom. The summed E-state index contributed by atoms with van der Waals surface area (Å²) < 4.78 is 1.67. The molecule has 5 heteroatoms. The smallest absolute Gasteiger partial charge is 0.242 e. The lowest BCUT2D eigenvalue weighted by Gasteiger charge is -2.20. The fraction of sp³-hybridized carbons (Fsp3) is 0.667. The van der Waals surface area contributed by atoms with Crippen molar-refractivity contribution in [3.63, 3.8) is 0 Å². The van der Waals surface area contributed by atoms with Crippen molar-refractivity contribution in [1.29, 1.82) is 0 Å². The molecule has 1 atom stereocenters. The van der Waals surface area contributed by atoms with Gasteiger partial charge in [0.15, 0.2) is 0 Å². The minimum absolute atomic E-state index is 0.0411. The molecule has 0 aromatic carbocycles. The molecular weight excluding hydrogens is 218 g/mol. The predicted octanol–water partition coefficient (Wildman–Crippen LogP) is 0.633. The Morgan fingerprint density at radius 2 is 2.18 bits per heavy atom. The van der Waals surface area contributed by atoms with Crippen LogP contribution in [0.1, 0.15) is 25.2 Å². The van der Waals surface area contributed by atoms with Gasteiger partial charge in [-0.1, -0.05) is 13.8 Å². The number of aryl methyl sites for hydroxylation is 2. The molecule has 0 saturated heterocycles. The maximum absolute atomic E-state index is 11.8. The van der Waals surface area contributed by atoms with Gasteiger partial charge in [0.2, 0.25) is 5.91 Å². The molecule has 0 radical (unpaired) electrons. The Balaban J connectivity index is 2.58. The number of rotatable bonds is 5. The molecule has 0 bridgehead atoms. The van der Waals surface area contributed by atoms with Crippen LogP contribution in [0, 0.1) is 19.8 Å². The summed E-state index contributed by atoms with van der Waals surface area (Å²) in [5.41, 5.74) is 1.86. The average molecular weight is 239 g/mol. The third-order valence-corrected chi connectivity index (χ3v) is 2.74. The van der Waals surface area contributed by atoms with Crippen LogP contribution in [-0.2, 0) is 11.3 Å². The normalized spacial score (nSPS) is 12.8. The standard InChI is InChI=1S/C12H21N3O2/c1-8(2)11(7-16)13-12(17)6-15-10(4)5-9(3)14-15/h5,8,11,16H,6-7H2,1-4H3,(H,13,17)/t11-/m1/s1. The summed E-state index contributed by atoms with van der Waals surface area (Å²) in [6.45, 7) is 7.89. The molecule has 1 aromatic rings. The molecule has 0 unspecified atom stereocenters. The topological polar surface area (TPSA) is 67.2 Å². The molecule has 0 aliphatic rings. The number of nitrogens with one attached hydrogen (secondary N) is 1. The SMILES string of the molecule is Cc1cc(C)n(CC(=O)N[C@H](CO)C(C)C)n1. The van der Waals surface area contributed by atoms with Gasteiger partial charge in [-0.2, -0.15) is 5.10 Å². The van der Waals surface area contributed by atoms with Crippen molar-refractivity contribution in [2.45, 2.75) is 40.3 Å². The number of hydrogen-bond acceptors (Lipinski definition) is 3. The highest BCUT2D eigenvalue weighted by Crippen LogP contribution is 2.03. The van der Waals surface area contributed by atoms with Gasteiger partial charge >= 0.3 is 0 Å². The Labute approximate surface area is 102 Å². The van der Waals surface area contributed by atoms with Crippen LogP contribution >= 0.6 is 0 Å². The van der Waals surface area contributed by atoms with Gasteiger partial charge in [0.1, 0.15) is 6.54 Å². The quantitative estimate of drug-likeness (QED) is 0.792. The van der Waals surface area contributed by atoms with Crippen molar-refractivity contribution in [1.82, 2.24) is 15.1 Å². The van der Waals surface area contributed by atoms with Crippen LogP contribution in [0.25, 0.3) is 0 Å². The van der Waals surface area contributed by atoms with Crippen molar-refractivity contribution >= 4 is 5.91 Å². The zero-order chi connectivity index (χ0) is 13.0. The van der Waals surface area contributed by atoms with Gasteiger partial charge in [-0.05, 0) is 25.8 Å². The van der Waals surface area contributed by atoms with Crippen LogP contribution in [0.2, 0.25) is 0 Å². The third-order valence-electron chi connectivity index (χ3n) is 2.74. The van der Waals surface area contributed by atoms with E-state index in [2.05, 4.69) is 10.4 Å². The maximum atomic E-state index is 11.8. The van der Waals surface area contributed by atoms with Gasteiger partial charge in [0, 0.05) is 5.69 Å². The lowest BCUT2D eigenvalue weighted by molar-refractivity contribution is -0.123. The largest absolute Gasteiger partial charge is 0.394 e. The number of aliphatic hydroxyl groups is 1. The van der Waals surface area contributed by atoms with E-state index in [9.17, 15) is 4.79 Å². The first-order chi connectivity index (χ1) is 7.93. The van der Waals surface area contributed by atoms with Crippen LogP contribution < -0.4 is 5.32 Å². The molecule has 0 aliphatic carbocycles. The van der Waals surface area contributed by atoms with Gasteiger partial charge in [-0.15, -0.1) is 0 Å². The summed E-state index contributed by atoms with van der Waals surface area (Å²) in [6, 6.07) is 1.73. The fourth-order valence-electron chi connectivity index (χ4n) is 1.65. The van der Waals surface area contributed by atoms with Crippen molar-refractivity contribution in [3.8, 4) is 0 Å². The van der Waals surface area contributed by atoms with E-state index in [1.165, 1.54) is 0 Å². The minimum atomic E-state index is -0.195. The van der Waals surface area contributed by atoms with Crippen molar-refractivity contribution < 1.29 is 9.90 Å². The second-order valence-corrected chi connectivity index (χ2v) is 4.69. The third kappa shape index (κ3) is 3.85.